The monoisotopic (exact) mass is 673 g/mol. The molecule has 1 heterocycles. The van der Waals surface area contributed by atoms with Gasteiger partial charge < -0.3 is 19.9 Å². The Balaban J connectivity index is 1.21. The summed E-state index contributed by atoms with van der Waals surface area (Å²) in [6.07, 6.45) is 7.69. The second kappa shape index (κ2) is 15.3. The molecule has 7 nitrogen and oxygen atoms in total. The lowest BCUT2D eigenvalue weighted by Crippen LogP contribution is -2.25. The number of carbonyl (C=O) groups excluding carboxylic acids is 2. The number of aryl methyl sites for hydroxylation is 1. The molecule has 260 valence electrons. The predicted molar refractivity (Wildman–Crippen MR) is 195 cm³/mol. The summed E-state index contributed by atoms with van der Waals surface area (Å²) in [5, 5.41) is 12.9. The summed E-state index contributed by atoms with van der Waals surface area (Å²) in [5.74, 6) is 0.0444. The van der Waals surface area contributed by atoms with Gasteiger partial charge in [-0.3, -0.25) is 4.79 Å². The molecule has 1 fully saturated rings. The number of anilines is 1. The molecule has 0 radical (unpaired) electrons. The van der Waals surface area contributed by atoms with Gasteiger partial charge in [0.1, 0.15) is 17.6 Å². The lowest BCUT2D eigenvalue weighted by molar-refractivity contribution is -0.116. The Morgan fingerprint density at radius 3 is 2.10 bits per heavy atom. The summed E-state index contributed by atoms with van der Waals surface area (Å²) < 4.78 is 12.2. The number of esters is 1. The van der Waals surface area contributed by atoms with Crippen LogP contribution in [0.4, 0.5) is 5.69 Å². The van der Waals surface area contributed by atoms with Gasteiger partial charge >= 0.3 is 11.9 Å². The van der Waals surface area contributed by atoms with Crippen molar-refractivity contribution in [3.05, 3.63) is 124 Å². The van der Waals surface area contributed by atoms with Gasteiger partial charge in [0.05, 0.1) is 11.1 Å². The number of aromatic carboxylic acids is 1. The SMILES string of the molecule is CC(C)(C)c1ccc(CCC(CC2CCCCC2)OC(=O)c2ccccc2C(=O)O)cc1NC(=O)CC1c2ccccc2Oc2ccccc21. The molecule has 4 aromatic rings. The van der Waals surface area contributed by atoms with Crippen LogP contribution in [-0.2, 0) is 21.4 Å². The van der Waals surface area contributed by atoms with Gasteiger partial charge in [-0.1, -0.05) is 114 Å². The minimum absolute atomic E-state index is 0.0557. The molecule has 0 bridgehead atoms. The summed E-state index contributed by atoms with van der Waals surface area (Å²) in [4.78, 5) is 39.0. The van der Waals surface area contributed by atoms with Gasteiger partial charge in [-0.2, -0.15) is 0 Å². The van der Waals surface area contributed by atoms with Gasteiger partial charge in [0.15, 0.2) is 0 Å². The topological polar surface area (TPSA) is 102 Å². The molecule has 1 aliphatic heterocycles. The van der Waals surface area contributed by atoms with Gasteiger partial charge in [0.25, 0.3) is 0 Å². The maximum atomic E-state index is 13.9. The van der Waals surface area contributed by atoms with E-state index >= 15 is 0 Å². The maximum Gasteiger partial charge on any atom is 0.339 e. The lowest BCUT2D eigenvalue weighted by atomic mass is 9.83. The van der Waals surface area contributed by atoms with E-state index in [4.69, 9.17) is 9.47 Å². The van der Waals surface area contributed by atoms with E-state index in [1.165, 1.54) is 31.4 Å². The molecule has 2 aliphatic rings. The second-order valence-electron chi connectivity index (χ2n) is 14.8. The maximum absolute atomic E-state index is 13.9. The molecule has 50 heavy (non-hydrogen) atoms. The van der Waals surface area contributed by atoms with Crippen molar-refractivity contribution in [2.75, 3.05) is 5.32 Å². The Kier molecular flexibility index (Phi) is 10.7. The van der Waals surface area contributed by atoms with Crippen LogP contribution in [0.25, 0.3) is 0 Å². The fourth-order valence-corrected chi connectivity index (χ4v) is 7.53. The van der Waals surface area contributed by atoms with E-state index in [0.717, 1.165) is 58.7 Å². The highest BCUT2D eigenvalue weighted by molar-refractivity contribution is 6.02. The lowest BCUT2D eigenvalue weighted by Gasteiger charge is -2.29. The molecule has 1 aliphatic carbocycles. The van der Waals surface area contributed by atoms with Crippen molar-refractivity contribution in [2.24, 2.45) is 5.92 Å². The van der Waals surface area contributed by atoms with Crippen LogP contribution in [0.3, 0.4) is 0 Å². The number of nitrogens with one attached hydrogen (secondary N) is 1. The smallest absolute Gasteiger partial charge is 0.339 e. The molecule has 0 saturated heterocycles. The fraction of sp³-hybridized carbons (Fsp3) is 0.372. The minimum Gasteiger partial charge on any atom is -0.478 e. The highest BCUT2D eigenvalue weighted by atomic mass is 16.5. The molecular weight excluding hydrogens is 626 g/mol. The molecule has 2 N–H and O–H groups in total. The van der Waals surface area contributed by atoms with Crippen molar-refractivity contribution < 1.29 is 29.0 Å². The van der Waals surface area contributed by atoms with Crippen LogP contribution in [0, 0.1) is 5.92 Å². The molecule has 7 heteroatoms. The zero-order chi connectivity index (χ0) is 35.3. The first-order chi connectivity index (χ1) is 24.1. The van der Waals surface area contributed by atoms with Crippen LogP contribution in [-0.4, -0.2) is 29.1 Å². The molecule has 6 rings (SSSR count). The molecule has 1 amide bonds. The summed E-state index contributed by atoms with van der Waals surface area (Å²) in [5.41, 5.74) is 4.65. The van der Waals surface area contributed by atoms with Crippen molar-refractivity contribution in [1.29, 1.82) is 0 Å². The molecule has 0 aromatic heterocycles. The number of rotatable bonds is 11. The van der Waals surface area contributed by atoms with Gasteiger partial charge in [-0.25, -0.2) is 9.59 Å². The number of carboxylic acid groups (broad SMARTS) is 1. The van der Waals surface area contributed by atoms with Crippen molar-refractivity contribution in [3.63, 3.8) is 0 Å². The van der Waals surface area contributed by atoms with E-state index in [9.17, 15) is 19.5 Å². The molecule has 1 atom stereocenters. The first kappa shape index (κ1) is 34.9. The van der Waals surface area contributed by atoms with E-state index in [1.807, 2.05) is 48.5 Å². The van der Waals surface area contributed by atoms with Crippen LogP contribution < -0.4 is 10.1 Å². The number of carboxylic acids is 1. The number of fused-ring (bicyclic) bond motifs is 2. The Morgan fingerprint density at radius 1 is 0.840 bits per heavy atom. The van der Waals surface area contributed by atoms with E-state index in [1.54, 1.807) is 12.1 Å². The Labute approximate surface area is 295 Å². The first-order valence-corrected chi connectivity index (χ1v) is 17.9. The van der Waals surface area contributed by atoms with Crippen molar-refractivity contribution in [1.82, 2.24) is 0 Å². The highest BCUT2D eigenvalue weighted by Crippen LogP contribution is 2.45. The van der Waals surface area contributed by atoms with Crippen LogP contribution in [0.5, 0.6) is 11.5 Å². The number of hydrogen-bond acceptors (Lipinski definition) is 5. The van der Waals surface area contributed by atoms with Crippen molar-refractivity contribution >= 4 is 23.5 Å². The fourth-order valence-electron chi connectivity index (χ4n) is 7.53. The molecule has 1 unspecified atom stereocenters. The van der Waals surface area contributed by atoms with Gasteiger partial charge in [-0.15, -0.1) is 0 Å². The van der Waals surface area contributed by atoms with Gasteiger partial charge in [0, 0.05) is 29.2 Å². The zero-order valence-electron chi connectivity index (χ0n) is 29.2. The van der Waals surface area contributed by atoms with E-state index in [2.05, 4.69) is 44.3 Å². The quantitative estimate of drug-likeness (QED) is 0.154. The summed E-state index contributed by atoms with van der Waals surface area (Å²) in [6.45, 7) is 6.41. The van der Waals surface area contributed by atoms with E-state index in [-0.39, 0.29) is 40.9 Å². The normalized spacial score (nSPS) is 15.3. The third-order valence-corrected chi connectivity index (χ3v) is 10.1. The molecular formula is C43H47NO6. The van der Waals surface area contributed by atoms with Crippen molar-refractivity contribution in [3.8, 4) is 11.5 Å². The zero-order valence-corrected chi connectivity index (χ0v) is 29.2. The third-order valence-electron chi connectivity index (χ3n) is 10.1. The first-order valence-electron chi connectivity index (χ1n) is 17.9. The van der Waals surface area contributed by atoms with Crippen molar-refractivity contribution in [2.45, 2.75) is 96.0 Å². The number of carbonyl (C=O) groups is 3. The number of amides is 1. The van der Waals surface area contributed by atoms with Crippen LogP contribution in [0.15, 0.2) is 91.0 Å². The predicted octanol–water partition coefficient (Wildman–Crippen LogP) is 10.1. The van der Waals surface area contributed by atoms with Crippen LogP contribution >= 0.6 is 0 Å². The number of benzene rings is 4. The third kappa shape index (κ3) is 8.27. The molecule has 4 aromatic carbocycles. The Bertz CT molecular complexity index is 1800. The average Bonchev–Trinajstić information content (AvgIpc) is 3.10. The average molecular weight is 674 g/mol. The number of hydrogen-bond donors (Lipinski definition) is 2. The summed E-state index contributed by atoms with van der Waals surface area (Å²) in [6, 6.07) is 28.3. The summed E-state index contributed by atoms with van der Waals surface area (Å²) >= 11 is 0. The Morgan fingerprint density at radius 2 is 1.46 bits per heavy atom. The van der Waals surface area contributed by atoms with Gasteiger partial charge in [0.2, 0.25) is 5.91 Å². The second-order valence-corrected chi connectivity index (χ2v) is 14.8. The van der Waals surface area contributed by atoms with E-state index in [0.29, 0.717) is 18.8 Å². The van der Waals surface area contributed by atoms with Crippen LogP contribution in [0.1, 0.15) is 121 Å². The van der Waals surface area contributed by atoms with Gasteiger partial charge in [-0.05, 0) is 72.1 Å². The molecule has 1 saturated carbocycles. The standard InChI is InChI=1S/C43H47NO6/c1-43(2,3)36-24-22-29(21-23-30(25-28-13-5-4-6-14-28)49-42(48)34-18-8-7-17-33(34)41(46)47)26-37(36)44-40(45)27-35-31-15-9-11-19-38(31)50-39-20-12-10-16-32(35)39/h7-12,15-20,22,24,26,28,30,35H,4-6,13-14,21,23,25,27H2,1-3H3,(H,44,45)(H,46,47). The van der Waals surface area contributed by atoms with E-state index < -0.39 is 11.9 Å². The number of ether oxygens (including phenoxy) is 2. The highest BCUT2D eigenvalue weighted by Gasteiger charge is 2.30. The summed E-state index contributed by atoms with van der Waals surface area (Å²) in [7, 11) is 0. The Hall–Kier alpha value is -4.91. The minimum atomic E-state index is -1.15. The van der Waals surface area contributed by atoms with Crippen LogP contribution in [0.2, 0.25) is 0 Å². The molecule has 0 spiro atoms. The number of para-hydroxylation sites is 2. The largest absolute Gasteiger partial charge is 0.478 e.